The van der Waals surface area contributed by atoms with E-state index in [2.05, 4.69) is 47.2 Å². The number of aromatic nitrogens is 2. The van der Waals surface area contributed by atoms with Crippen molar-refractivity contribution in [3.63, 3.8) is 0 Å². The lowest BCUT2D eigenvalue weighted by Gasteiger charge is -2.31. The molecule has 2 fully saturated rings. The molecule has 8 atom stereocenters. The van der Waals surface area contributed by atoms with Crippen LogP contribution in [0.4, 0.5) is 45.2 Å². The molecule has 2 unspecified atom stereocenters. The van der Waals surface area contributed by atoms with Crippen LogP contribution in [0.1, 0.15) is 62.9 Å². The monoisotopic (exact) mass is 1190 g/mol. The lowest BCUT2D eigenvalue weighted by atomic mass is 9.81. The molecule has 29 heteroatoms. The molecule has 0 saturated carbocycles. The highest BCUT2D eigenvalue weighted by Crippen LogP contribution is 2.32. The number of carbonyl (C=O) groups is 9. The summed E-state index contributed by atoms with van der Waals surface area (Å²) in [6, 6.07) is 0.262. The number of ether oxygens (including phenoxy) is 2. The summed E-state index contributed by atoms with van der Waals surface area (Å²) in [5, 5.41) is 17.6. The standard InChI is InChI=1S/C55H54F9N9O11/c1-25(13-37(71-52(80)39-16-28-20-65-10-8-34(28)68-39)50(78)70-36(15-27-7-11-67-49(27)77)41(75)21-83-47-43(61)30(57)17-31(58)44(47)62)26(2)14-38(72-54(82)53(81)69-35-6-4-3-5-29(35)56)51(79)73-40(19-55(24-74)9-12-66-23-55)42(76)22-84-48-45(63)32(59)18-33(60)46(48)64/h3-6,8,10,16-18,20,24-27,36-38,40,66,68H,7,9,11-15,19,21-23H2,1-2H3,(H,67,77)(H,69,81)(H,70,78)(H,71,80)(H,72,82)(H,73,79)/t25?,26?,27-,36-,37-,38-,40-,55+/m0/s1. The van der Waals surface area contributed by atoms with Gasteiger partial charge in [0, 0.05) is 59.9 Å². The molecule has 8 N–H and O–H groups in total. The fourth-order valence-electron chi connectivity index (χ4n) is 9.52. The molecule has 0 aliphatic carbocycles. The number of aromatic amines is 1. The zero-order chi connectivity index (χ0) is 61.2. The fraction of sp³-hybridized carbons (Fsp3) is 0.382. The van der Waals surface area contributed by atoms with E-state index in [1.165, 1.54) is 50.5 Å². The van der Waals surface area contributed by atoms with Crippen molar-refractivity contribution >= 4 is 69.9 Å². The Morgan fingerprint density at radius 1 is 0.690 bits per heavy atom. The first kappa shape index (κ1) is 62.7. The first-order valence-electron chi connectivity index (χ1n) is 26.0. The lowest BCUT2D eigenvalue weighted by Crippen LogP contribution is -2.56. The predicted molar refractivity (Wildman–Crippen MR) is 276 cm³/mol. The van der Waals surface area contributed by atoms with E-state index in [1.807, 2.05) is 0 Å². The second kappa shape index (κ2) is 27.5. The predicted octanol–water partition coefficient (Wildman–Crippen LogP) is 4.45. The maximum absolute atomic E-state index is 14.6. The van der Waals surface area contributed by atoms with Gasteiger partial charge in [-0.1, -0.05) is 26.0 Å². The van der Waals surface area contributed by atoms with E-state index in [1.54, 1.807) is 0 Å². The van der Waals surface area contributed by atoms with E-state index < -0.39 is 203 Å². The molecule has 2 aliphatic rings. The number of Topliss-reactive ketones (excluding diaryl/α,β-unsaturated/α-hetero) is 2. The number of benzene rings is 3. The Kier molecular flexibility index (Phi) is 20.5. The summed E-state index contributed by atoms with van der Waals surface area (Å²) in [5.74, 6) is -31.6. The number of nitrogens with zero attached hydrogens (tertiary/aromatic N) is 1. The average molecular weight is 1190 g/mol. The number of hydrogen-bond acceptors (Lipinski definition) is 13. The van der Waals surface area contributed by atoms with Crippen molar-refractivity contribution < 1.29 is 92.1 Å². The number of para-hydroxylation sites is 1. The van der Waals surface area contributed by atoms with Crippen LogP contribution in [0.2, 0.25) is 0 Å². The Balaban J connectivity index is 1.17. The summed E-state index contributed by atoms with van der Waals surface area (Å²) in [5.41, 5.74) is -1.49. The third-order valence-electron chi connectivity index (χ3n) is 14.5. The molecule has 7 rings (SSSR count). The van der Waals surface area contributed by atoms with Crippen LogP contribution in [-0.2, 0) is 38.4 Å². The number of aldehydes is 1. The number of fused-ring (bicyclic) bond motifs is 1. The highest BCUT2D eigenvalue weighted by Gasteiger charge is 2.41. The van der Waals surface area contributed by atoms with Crippen molar-refractivity contribution in [2.24, 2.45) is 23.2 Å². The van der Waals surface area contributed by atoms with Crippen molar-refractivity contribution in [2.75, 3.05) is 38.2 Å². The van der Waals surface area contributed by atoms with E-state index >= 15 is 0 Å². The maximum atomic E-state index is 14.6. The van der Waals surface area contributed by atoms with Crippen LogP contribution >= 0.6 is 0 Å². The molecule has 0 bridgehead atoms. The van der Waals surface area contributed by atoms with Gasteiger partial charge in [0.05, 0.1) is 17.8 Å². The summed E-state index contributed by atoms with van der Waals surface area (Å²) < 4.78 is 139. The third kappa shape index (κ3) is 15.2. The molecule has 20 nitrogen and oxygen atoms in total. The van der Waals surface area contributed by atoms with E-state index in [0.717, 1.165) is 12.1 Å². The van der Waals surface area contributed by atoms with Gasteiger partial charge >= 0.3 is 11.8 Å². The highest BCUT2D eigenvalue weighted by molar-refractivity contribution is 6.40. The van der Waals surface area contributed by atoms with Crippen molar-refractivity contribution in [3.05, 3.63) is 119 Å². The number of rotatable bonds is 26. The van der Waals surface area contributed by atoms with Gasteiger partial charge in [-0.2, -0.15) is 17.6 Å². The van der Waals surface area contributed by atoms with Crippen LogP contribution in [-0.4, -0.2) is 120 Å². The minimum absolute atomic E-state index is 0.0439. The van der Waals surface area contributed by atoms with Gasteiger partial charge in [-0.3, -0.25) is 43.3 Å². The van der Waals surface area contributed by atoms with Crippen molar-refractivity contribution in [1.29, 1.82) is 0 Å². The van der Waals surface area contributed by atoms with Crippen molar-refractivity contribution in [2.45, 2.75) is 76.5 Å². The molecule has 0 radical (unpaired) electrons. The van der Waals surface area contributed by atoms with Gasteiger partial charge in [0.1, 0.15) is 43.1 Å². The van der Waals surface area contributed by atoms with Crippen LogP contribution < -0.4 is 46.7 Å². The number of halogens is 9. The Morgan fingerprint density at radius 3 is 1.77 bits per heavy atom. The summed E-state index contributed by atoms with van der Waals surface area (Å²) in [6.07, 6.45) is 1.66. The summed E-state index contributed by atoms with van der Waals surface area (Å²) >= 11 is 0. The minimum Gasteiger partial charge on any atom is -0.479 e. The Labute approximate surface area is 471 Å². The average Bonchev–Trinajstić information content (AvgIpc) is 3.74. The van der Waals surface area contributed by atoms with Crippen molar-refractivity contribution in [3.8, 4) is 11.5 Å². The quantitative estimate of drug-likeness (QED) is 0.0165. The number of nitrogens with one attached hydrogen (secondary N) is 8. The topological polar surface area (TPSA) is 285 Å². The van der Waals surface area contributed by atoms with Gasteiger partial charge in [0.2, 0.25) is 41.0 Å². The van der Waals surface area contributed by atoms with E-state index in [9.17, 15) is 82.7 Å². The van der Waals surface area contributed by atoms with Gasteiger partial charge < -0.3 is 56.5 Å². The van der Waals surface area contributed by atoms with Gasteiger partial charge in [-0.15, -0.1) is 0 Å². The lowest BCUT2D eigenvalue weighted by molar-refractivity contribution is -0.139. The number of carbonyl (C=O) groups excluding carboxylic acids is 9. The molecule has 2 aliphatic heterocycles. The molecule has 4 heterocycles. The van der Waals surface area contributed by atoms with Crippen LogP contribution in [0.3, 0.4) is 0 Å². The Morgan fingerprint density at radius 2 is 1.25 bits per heavy atom. The number of amides is 6. The molecule has 2 saturated heterocycles. The highest BCUT2D eigenvalue weighted by atomic mass is 19.2. The number of pyridine rings is 1. The SMILES string of the molecule is CC(C[C@H](NC(=O)C(=O)Nc1ccccc1F)C(=O)N[C@@H](C[C@]1(C=O)CCNC1)C(=O)COc1c(F)c(F)cc(F)c1F)C(C)C[C@H](NC(=O)c1cc2cnccc2[nH]1)C(=O)N[C@@H](C[C@@H]1CCNC1=O)C(=O)COc1c(F)c(F)cc(F)c1F. The zero-order valence-electron chi connectivity index (χ0n) is 44.5. The van der Waals surface area contributed by atoms with Crippen LogP contribution in [0.15, 0.2) is 60.9 Å². The Hall–Kier alpha value is -8.89. The van der Waals surface area contributed by atoms with E-state index in [4.69, 9.17) is 9.47 Å². The minimum atomic E-state index is -2.01. The van der Waals surface area contributed by atoms with Crippen LogP contribution in [0.5, 0.6) is 11.5 Å². The molecule has 448 valence electrons. The largest absolute Gasteiger partial charge is 0.479 e. The molecule has 5 aromatic rings. The van der Waals surface area contributed by atoms with Crippen molar-refractivity contribution in [1.82, 2.24) is 41.9 Å². The second-order valence-electron chi connectivity index (χ2n) is 20.4. The van der Waals surface area contributed by atoms with Gasteiger partial charge in [0.15, 0.2) is 46.3 Å². The van der Waals surface area contributed by atoms with E-state index in [-0.39, 0.29) is 50.3 Å². The van der Waals surface area contributed by atoms with Gasteiger partial charge in [-0.25, -0.2) is 22.0 Å². The van der Waals surface area contributed by atoms with E-state index in [0.29, 0.717) is 17.2 Å². The molecular weight excluding hydrogens is 1130 g/mol. The van der Waals surface area contributed by atoms with Crippen LogP contribution in [0, 0.1) is 75.5 Å². The normalized spacial score (nSPS) is 17.8. The molecule has 84 heavy (non-hydrogen) atoms. The number of ketones is 2. The smallest absolute Gasteiger partial charge is 0.313 e. The van der Waals surface area contributed by atoms with Gasteiger partial charge in [0.25, 0.3) is 5.91 Å². The molecule has 2 aromatic heterocycles. The molecule has 3 aromatic carbocycles. The first-order valence-corrected chi connectivity index (χ1v) is 26.0. The first-order chi connectivity index (χ1) is 39.9. The summed E-state index contributed by atoms with van der Waals surface area (Å²) in [6.45, 7) is 0.676. The number of H-pyrrole nitrogens is 1. The third-order valence-corrected chi connectivity index (χ3v) is 14.5. The zero-order valence-corrected chi connectivity index (χ0v) is 44.5. The Bertz CT molecular complexity index is 3280. The molecular formula is C55H54F9N9O11. The summed E-state index contributed by atoms with van der Waals surface area (Å²) in [7, 11) is 0. The number of hydrogen-bond donors (Lipinski definition) is 8. The molecule has 0 spiro atoms. The maximum Gasteiger partial charge on any atom is 0.313 e. The summed E-state index contributed by atoms with van der Waals surface area (Å²) in [4.78, 5) is 130. The molecule has 6 amide bonds. The fourth-order valence-corrected chi connectivity index (χ4v) is 9.52. The second-order valence-corrected chi connectivity index (χ2v) is 20.4. The van der Waals surface area contributed by atoms with Crippen LogP contribution in [0.25, 0.3) is 10.9 Å². The van der Waals surface area contributed by atoms with Gasteiger partial charge in [-0.05, 0) is 81.2 Å². The number of anilines is 1.